The maximum Gasteiger partial charge on any atom is 0.158 e. The van der Waals surface area contributed by atoms with Gasteiger partial charge in [0, 0.05) is 5.54 Å². The molecule has 0 radical (unpaired) electrons. The molecule has 0 nitrogen and oxygen atoms in total. The van der Waals surface area contributed by atoms with Crippen molar-refractivity contribution < 1.29 is 0 Å². The Labute approximate surface area is 202 Å². The molecule has 170 valence electrons. The fourth-order valence-electron chi connectivity index (χ4n) is 5.98. The van der Waals surface area contributed by atoms with Gasteiger partial charge in [-0.2, -0.15) is 0 Å². The zero-order valence-electron chi connectivity index (χ0n) is 21.4. The van der Waals surface area contributed by atoms with Crippen LogP contribution in [-0.2, 0) is 0 Å². The van der Waals surface area contributed by atoms with Gasteiger partial charge in [-0.1, -0.05) is 125 Å². The highest BCUT2D eigenvalue weighted by molar-refractivity contribution is 7.13. The van der Waals surface area contributed by atoms with Gasteiger partial charge in [0.05, 0.1) is 0 Å². The second kappa shape index (κ2) is 9.31. The summed E-state index contributed by atoms with van der Waals surface area (Å²) >= 11 is 0. The van der Waals surface area contributed by atoms with E-state index in [4.69, 9.17) is 0 Å². The predicted octanol–water partition coefficient (Wildman–Crippen LogP) is 6.67. The van der Waals surface area contributed by atoms with Gasteiger partial charge in [0.2, 0.25) is 0 Å². The summed E-state index contributed by atoms with van der Waals surface area (Å²) in [4.78, 5) is 0. The Hall–Kier alpha value is -2.64. The van der Waals surface area contributed by atoms with Gasteiger partial charge >= 0.3 is 0 Å². The van der Waals surface area contributed by atoms with Gasteiger partial charge < -0.3 is 0 Å². The molecule has 0 fully saturated rings. The zero-order chi connectivity index (χ0) is 23.8. The van der Waals surface area contributed by atoms with E-state index in [-0.39, 0.29) is 0 Å². The highest BCUT2D eigenvalue weighted by Gasteiger charge is 2.46. The molecule has 0 saturated heterocycles. The average molecular weight is 451 g/mol. The van der Waals surface area contributed by atoms with Crippen molar-refractivity contribution in [3.05, 3.63) is 112 Å². The van der Waals surface area contributed by atoms with Crippen molar-refractivity contribution in [3.8, 4) is 0 Å². The van der Waals surface area contributed by atoms with Gasteiger partial charge in [-0.05, 0) is 63.5 Å². The topological polar surface area (TPSA) is 0 Å². The SMILES string of the molecule is CCCC1=CC([Si](c2cc(C)cc(C)c2)(c2cc(C)cc(C)c2)c2cc(C)cc(C)c2)C=C1. The Morgan fingerprint density at radius 2 is 0.939 bits per heavy atom. The van der Waals surface area contributed by atoms with Crippen LogP contribution >= 0.6 is 0 Å². The van der Waals surface area contributed by atoms with E-state index in [1.165, 1.54) is 60.9 Å². The maximum atomic E-state index is 2.60. The standard InChI is InChI=1S/C32H38Si/c1-8-9-28-10-11-29(21-28)33(30-15-22(2)12-23(3)16-30,31-17-24(4)13-25(5)18-31)32-19-26(6)14-27(7)20-32/h10-21,29H,8-9H2,1-7H3. The van der Waals surface area contributed by atoms with Crippen LogP contribution in [0.3, 0.4) is 0 Å². The van der Waals surface area contributed by atoms with Gasteiger partial charge in [0.25, 0.3) is 0 Å². The molecule has 4 rings (SSSR count). The van der Waals surface area contributed by atoms with E-state index in [0.29, 0.717) is 5.54 Å². The summed E-state index contributed by atoms with van der Waals surface area (Å²) in [7, 11) is -2.41. The summed E-state index contributed by atoms with van der Waals surface area (Å²) in [5, 5.41) is 4.58. The second-order valence-electron chi connectivity index (χ2n) is 10.3. The minimum absolute atomic E-state index is 0.405. The van der Waals surface area contributed by atoms with Gasteiger partial charge in [0.1, 0.15) is 0 Å². The van der Waals surface area contributed by atoms with Crippen LogP contribution in [-0.4, -0.2) is 8.07 Å². The first kappa shape index (κ1) is 23.5. The molecule has 33 heavy (non-hydrogen) atoms. The van der Waals surface area contributed by atoms with Crippen molar-refractivity contribution in [3.63, 3.8) is 0 Å². The molecule has 0 heterocycles. The number of allylic oxidation sites excluding steroid dienone is 4. The van der Waals surface area contributed by atoms with Crippen LogP contribution < -0.4 is 15.6 Å². The van der Waals surface area contributed by atoms with E-state index in [1.807, 2.05) is 0 Å². The van der Waals surface area contributed by atoms with Crippen molar-refractivity contribution in [2.75, 3.05) is 0 Å². The quantitative estimate of drug-likeness (QED) is 0.290. The Kier molecular flexibility index (Phi) is 6.63. The normalized spacial score (nSPS) is 15.7. The van der Waals surface area contributed by atoms with Crippen LogP contribution in [0.2, 0.25) is 5.54 Å². The van der Waals surface area contributed by atoms with E-state index in [0.717, 1.165) is 6.42 Å². The first-order chi connectivity index (χ1) is 15.7. The number of aryl methyl sites for hydroxylation is 6. The lowest BCUT2D eigenvalue weighted by atomic mass is 10.1. The molecule has 0 amide bonds. The molecule has 1 aliphatic rings. The van der Waals surface area contributed by atoms with Crippen molar-refractivity contribution in [1.29, 1.82) is 0 Å². The van der Waals surface area contributed by atoms with E-state index in [9.17, 15) is 0 Å². The van der Waals surface area contributed by atoms with Crippen molar-refractivity contribution in [2.45, 2.75) is 66.8 Å². The van der Waals surface area contributed by atoms with E-state index < -0.39 is 8.07 Å². The fraction of sp³-hybridized carbons (Fsp3) is 0.312. The van der Waals surface area contributed by atoms with E-state index in [2.05, 4.69) is 121 Å². The van der Waals surface area contributed by atoms with Gasteiger partial charge in [0.15, 0.2) is 8.07 Å². The van der Waals surface area contributed by atoms with Crippen molar-refractivity contribution >= 4 is 23.6 Å². The second-order valence-corrected chi connectivity index (χ2v) is 14.3. The van der Waals surface area contributed by atoms with Crippen LogP contribution in [0.5, 0.6) is 0 Å². The Morgan fingerprint density at radius 3 is 1.27 bits per heavy atom. The summed E-state index contributed by atoms with van der Waals surface area (Å²) in [5.74, 6) is 0. The summed E-state index contributed by atoms with van der Waals surface area (Å²) in [6.07, 6.45) is 9.87. The van der Waals surface area contributed by atoms with Crippen LogP contribution in [0.25, 0.3) is 0 Å². The largest absolute Gasteiger partial charge is 0.158 e. The lowest BCUT2D eigenvalue weighted by molar-refractivity contribution is 0.927. The lowest BCUT2D eigenvalue weighted by Crippen LogP contribution is -2.69. The molecule has 1 atom stereocenters. The Bertz CT molecular complexity index is 1060. The van der Waals surface area contributed by atoms with Crippen LogP contribution in [0.15, 0.2) is 78.4 Å². The lowest BCUT2D eigenvalue weighted by Gasteiger charge is -2.39. The van der Waals surface area contributed by atoms with E-state index in [1.54, 1.807) is 0 Å². The molecule has 0 bridgehead atoms. The summed E-state index contributed by atoms with van der Waals surface area (Å²) in [5.41, 5.74) is 10.0. The molecule has 0 N–H and O–H groups in total. The molecule has 3 aromatic carbocycles. The molecule has 1 aliphatic carbocycles. The number of hydrogen-bond donors (Lipinski definition) is 0. The highest BCUT2D eigenvalue weighted by atomic mass is 28.3. The smallest absolute Gasteiger partial charge is 0.0790 e. The summed E-state index contributed by atoms with van der Waals surface area (Å²) in [6.45, 7) is 15.8. The minimum atomic E-state index is -2.41. The van der Waals surface area contributed by atoms with E-state index >= 15 is 0 Å². The highest BCUT2D eigenvalue weighted by Crippen LogP contribution is 2.34. The third-order valence-electron chi connectivity index (χ3n) is 6.98. The monoisotopic (exact) mass is 450 g/mol. The maximum absolute atomic E-state index is 2.60. The Balaban J connectivity index is 2.15. The predicted molar refractivity (Wildman–Crippen MR) is 148 cm³/mol. The third kappa shape index (κ3) is 4.57. The molecule has 0 aliphatic heterocycles. The van der Waals surface area contributed by atoms with Crippen molar-refractivity contribution in [2.24, 2.45) is 0 Å². The summed E-state index contributed by atoms with van der Waals surface area (Å²) < 4.78 is 0. The molecular weight excluding hydrogens is 412 g/mol. The number of hydrogen-bond acceptors (Lipinski definition) is 0. The Morgan fingerprint density at radius 1 is 0.576 bits per heavy atom. The molecule has 0 saturated carbocycles. The molecule has 1 heteroatoms. The zero-order valence-corrected chi connectivity index (χ0v) is 22.4. The minimum Gasteiger partial charge on any atom is -0.0790 e. The molecule has 1 unspecified atom stereocenters. The molecular formula is C32H38Si. The first-order valence-electron chi connectivity index (χ1n) is 12.4. The molecule has 0 spiro atoms. The third-order valence-corrected chi connectivity index (χ3v) is 11.9. The van der Waals surface area contributed by atoms with Gasteiger partial charge in [-0.15, -0.1) is 0 Å². The summed E-state index contributed by atoms with van der Waals surface area (Å²) in [6, 6.07) is 21.8. The van der Waals surface area contributed by atoms with Crippen LogP contribution in [0.4, 0.5) is 0 Å². The van der Waals surface area contributed by atoms with Gasteiger partial charge in [-0.3, -0.25) is 0 Å². The molecule has 3 aromatic rings. The van der Waals surface area contributed by atoms with Crippen LogP contribution in [0, 0.1) is 41.5 Å². The van der Waals surface area contributed by atoms with Crippen LogP contribution in [0.1, 0.15) is 53.1 Å². The fourth-order valence-corrected chi connectivity index (χ4v) is 11.7. The number of benzene rings is 3. The van der Waals surface area contributed by atoms with Gasteiger partial charge in [-0.25, -0.2) is 0 Å². The molecule has 0 aromatic heterocycles. The average Bonchev–Trinajstić information content (AvgIpc) is 3.15. The van der Waals surface area contributed by atoms with Crippen molar-refractivity contribution in [1.82, 2.24) is 0 Å². The first-order valence-corrected chi connectivity index (χ1v) is 14.5. The number of rotatable bonds is 6.